The molecule has 186 valence electrons. The van der Waals surface area contributed by atoms with Crippen molar-refractivity contribution in [2.45, 2.75) is 32.2 Å². The van der Waals surface area contributed by atoms with Gasteiger partial charge < -0.3 is 14.2 Å². The Balaban J connectivity index is 1.30. The molecule has 1 atom stereocenters. The summed E-state index contributed by atoms with van der Waals surface area (Å²) in [4.78, 5) is 34.1. The van der Waals surface area contributed by atoms with Gasteiger partial charge >= 0.3 is 6.09 Å². The first-order chi connectivity index (χ1) is 18.2. The van der Waals surface area contributed by atoms with E-state index in [4.69, 9.17) is 4.74 Å². The van der Waals surface area contributed by atoms with Crippen LogP contribution in [0.25, 0.3) is 0 Å². The van der Waals surface area contributed by atoms with Crippen LogP contribution in [-0.2, 0) is 35.6 Å². The lowest BCUT2D eigenvalue weighted by Gasteiger charge is -2.35. The van der Waals surface area contributed by atoms with Gasteiger partial charge in [-0.2, -0.15) is 0 Å². The molecule has 0 spiro atoms. The van der Waals surface area contributed by atoms with Crippen molar-refractivity contribution in [3.63, 3.8) is 0 Å². The summed E-state index contributed by atoms with van der Waals surface area (Å²) in [6, 6.07) is 28.6. The number of carbonyl (C=O) groups excluding carboxylic acids is 2. The number of benzene rings is 3. The van der Waals surface area contributed by atoms with Gasteiger partial charge in [-0.25, -0.2) is 9.78 Å². The number of imidazole rings is 1. The van der Waals surface area contributed by atoms with Gasteiger partial charge in [-0.3, -0.25) is 9.69 Å². The molecular weight excluding hydrogens is 464 g/mol. The van der Waals surface area contributed by atoms with E-state index in [0.29, 0.717) is 19.5 Å². The predicted octanol–water partition coefficient (Wildman–Crippen LogP) is 4.99. The van der Waals surface area contributed by atoms with Crippen LogP contribution < -0.4 is 0 Å². The molecule has 1 aliphatic rings. The number of aromatic nitrogens is 2. The first-order valence-corrected chi connectivity index (χ1v) is 12.2. The second-order valence-electron chi connectivity index (χ2n) is 8.94. The van der Waals surface area contributed by atoms with Gasteiger partial charge in [0, 0.05) is 31.6 Å². The van der Waals surface area contributed by atoms with Gasteiger partial charge in [0.15, 0.2) is 0 Å². The number of carbonyl (C=O) groups is 2. The van der Waals surface area contributed by atoms with E-state index >= 15 is 0 Å². The molecule has 0 N–H and O–H groups in total. The zero-order valence-corrected chi connectivity index (χ0v) is 20.4. The van der Waals surface area contributed by atoms with Gasteiger partial charge in [0.05, 0.1) is 18.6 Å². The van der Waals surface area contributed by atoms with Crippen molar-refractivity contribution >= 4 is 12.0 Å². The highest BCUT2D eigenvalue weighted by Gasteiger charge is 2.36. The molecule has 2 heterocycles. The van der Waals surface area contributed by atoms with Crippen LogP contribution in [0.5, 0.6) is 0 Å². The van der Waals surface area contributed by atoms with E-state index in [9.17, 15) is 9.59 Å². The fourth-order valence-corrected chi connectivity index (χ4v) is 4.32. The zero-order valence-electron chi connectivity index (χ0n) is 20.4. The summed E-state index contributed by atoms with van der Waals surface area (Å²) < 4.78 is 7.54. The number of amides is 2. The smallest absolute Gasteiger partial charge is 0.414 e. The third kappa shape index (κ3) is 6.13. The van der Waals surface area contributed by atoms with Crippen LogP contribution in [0.3, 0.4) is 0 Å². The monoisotopic (exact) mass is 492 g/mol. The first-order valence-electron chi connectivity index (χ1n) is 12.2. The molecule has 3 aromatic carbocycles. The second kappa shape index (κ2) is 11.4. The maximum Gasteiger partial charge on any atom is 0.414 e. The molecule has 5 rings (SSSR count). The predicted molar refractivity (Wildman–Crippen MR) is 140 cm³/mol. The lowest BCUT2D eigenvalue weighted by atomic mass is 10.0. The molecule has 0 bridgehead atoms. The molecule has 4 aromatic rings. The van der Waals surface area contributed by atoms with Crippen molar-refractivity contribution in [2.75, 3.05) is 0 Å². The van der Waals surface area contributed by atoms with Crippen molar-refractivity contribution in [3.05, 3.63) is 138 Å². The van der Waals surface area contributed by atoms with Crippen molar-refractivity contribution in [1.29, 1.82) is 0 Å². The van der Waals surface area contributed by atoms with Crippen molar-refractivity contribution in [3.8, 4) is 0 Å². The Morgan fingerprint density at radius 3 is 2.08 bits per heavy atom. The maximum absolute atomic E-state index is 13.6. The molecule has 2 amide bonds. The molecule has 0 saturated carbocycles. The van der Waals surface area contributed by atoms with E-state index in [-0.39, 0.29) is 12.5 Å². The third-order valence-corrected chi connectivity index (χ3v) is 6.23. The Hall–Kier alpha value is -4.65. The summed E-state index contributed by atoms with van der Waals surface area (Å²) in [7, 11) is 0. The van der Waals surface area contributed by atoms with E-state index in [0.717, 1.165) is 16.8 Å². The average Bonchev–Trinajstić information content (AvgIpc) is 3.38. The fourth-order valence-electron chi connectivity index (χ4n) is 4.32. The van der Waals surface area contributed by atoms with Crippen molar-refractivity contribution in [1.82, 2.24) is 19.4 Å². The largest absolute Gasteiger partial charge is 0.444 e. The topological polar surface area (TPSA) is 67.7 Å². The van der Waals surface area contributed by atoms with E-state index in [1.54, 1.807) is 23.6 Å². The van der Waals surface area contributed by atoms with Gasteiger partial charge in [0.2, 0.25) is 0 Å². The van der Waals surface area contributed by atoms with Gasteiger partial charge in [0.1, 0.15) is 12.6 Å². The minimum absolute atomic E-state index is 0.138. The standard InChI is InChI=1S/C30H28N4O3/c35-29-28(18-24-10-4-1-5-11-24)34(30(36)37-22-26-14-8-3-9-15-26)17-16-33(29)21-27-20-32(23-31-27)19-25-12-6-2-7-13-25/h1-17,20,23,28H,18-19,21-22H2/t28-/m0/s1. The van der Waals surface area contributed by atoms with Crippen LogP contribution in [0.15, 0.2) is 116 Å². The highest BCUT2D eigenvalue weighted by Crippen LogP contribution is 2.21. The third-order valence-electron chi connectivity index (χ3n) is 6.23. The van der Waals surface area contributed by atoms with E-state index in [2.05, 4.69) is 17.1 Å². The molecule has 0 unspecified atom stereocenters. The molecule has 0 saturated heterocycles. The Bertz CT molecular complexity index is 1350. The molecule has 0 radical (unpaired) electrons. The number of nitrogens with zero attached hydrogens (tertiary/aromatic N) is 4. The van der Waals surface area contributed by atoms with Gasteiger partial charge in [0.25, 0.3) is 5.91 Å². The van der Waals surface area contributed by atoms with Crippen molar-refractivity contribution < 1.29 is 14.3 Å². The molecule has 1 aliphatic heterocycles. The second-order valence-corrected chi connectivity index (χ2v) is 8.94. The quantitative estimate of drug-likeness (QED) is 0.347. The van der Waals surface area contributed by atoms with E-state index in [1.165, 1.54) is 10.5 Å². The maximum atomic E-state index is 13.6. The molecule has 7 nitrogen and oxygen atoms in total. The van der Waals surface area contributed by atoms with Crippen LogP contribution >= 0.6 is 0 Å². The summed E-state index contributed by atoms with van der Waals surface area (Å²) in [6.45, 7) is 1.16. The minimum atomic E-state index is -0.720. The van der Waals surface area contributed by atoms with Crippen LogP contribution in [0.1, 0.15) is 22.4 Å². The summed E-state index contributed by atoms with van der Waals surface area (Å²) in [5, 5.41) is 0. The normalized spacial score (nSPS) is 15.1. The van der Waals surface area contributed by atoms with Gasteiger partial charge in [-0.05, 0) is 16.7 Å². The molecule has 37 heavy (non-hydrogen) atoms. The number of ether oxygens (including phenoxy) is 1. The minimum Gasteiger partial charge on any atom is -0.444 e. The molecule has 0 aliphatic carbocycles. The molecule has 7 heteroatoms. The van der Waals surface area contributed by atoms with Crippen LogP contribution in [0, 0.1) is 0 Å². The van der Waals surface area contributed by atoms with E-state index < -0.39 is 12.1 Å². The average molecular weight is 493 g/mol. The Kier molecular flexibility index (Phi) is 7.41. The number of hydrogen-bond acceptors (Lipinski definition) is 4. The van der Waals surface area contributed by atoms with Gasteiger partial charge in [-0.15, -0.1) is 0 Å². The molecule has 0 fully saturated rings. The highest BCUT2D eigenvalue weighted by atomic mass is 16.6. The summed E-state index contributed by atoms with van der Waals surface area (Å²) in [5.74, 6) is -0.180. The van der Waals surface area contributed by atoms with Crippen LogP contribution in [-0.4, -0.2) is 37.4 Å². The Morgan fingerprint density at radius 2 is 1.41 bits per heavy atom. The lowest BCUT2D eigenvalue weighted by molar-refractivity contribution is -0.135. The first kappa shape index (κ1) is 24.1. The summed E-state index contributed by atoms with van der Waals surface area (Å²) >= 11 is 0. The van der Waals surface area contributed by atoms with E-state index in [1.807, 2.05) is 89.6 Å². The van der Waals surface area contributed by atoms with Crippen LogP contribution in [0.2, 0.25) is 0 Å². The highest BCUT2D eigenvalue weighted by molar-refractivity contribution is 5.88. The lowest BCUT2D eigenvalue weighted by Crippen LogP contribution is -2.51. The summed E-state index contributed by atoms with van der Waals surface area (Å²) in [6.07, 6.45) is 6.80. The fraction of sp³-hybridized carbons (Fsp3) is 0.167. The van der Waals surface area contributed by atoms with Crippen LogP contribution in [0.4, 0.5) is 4.79 Å². The SMILES string of the molecule is O=C1[C@H](Cc2ccccc2)N(C(=O)OCc2ccccc2)C=CN1Cc1cn(Cc2ccccc2)cn1. The Labute approximate surface area is 216 Å². The summed E-state index contributed by atoms with van der Waals surface area (Å²) in [5.41, 5.74) is 3.79. The van der Waals surface area contributed by atoms with Crippen molar-refractivity contribution in [2.24, 2.45) is 0 Å². The van der Waals surface area contributed by atoms with Gasteiger partial charge in [-0.1, -0.05) is 91.0 Å². The number of hydrogen-bond donors (Lipinski definition) is 0. The zero-order chi connectivity index (χ0) is 25.5. The molecular formula is C30H28N4O3. The Morgan fingerprint density at radius 1 is 0.784 bits per heavy atom. The molecule has 1 aromatic heterocycles. The number of rotatable bonds is 8.